The maximum absolute atomic E-state index is 12.7. The lowest BCUT2D eigenvalue weighted by Gasteiger charge is -2.32. The van der Waals surface area contributed by atoms with E-state index in [0.29, 0.717) is 13.1 Å². The van der Waals surface area contributed by atoms with E-state index in [0.717, 1.165) is 37.6 Å². The molecule has 0 amide bonds. The zero-order valence-corrected chi connectivity index (χ0v) is 16.2. The molecule has 1 fully saturated rings. The predicted molar refractivity (Wildman–Crippen MR) is 101 cm³/mol. The van der Waals surface area contributed by atoms with Crippen LogP contribution in [0.2, 0.25) is 0 Å². The van der Waals surface area contributed by atoms with Gasteiger partial charge >= 0.3 is 6.36 Å². The zero-order valence-electron chi connectivity index (χ0n) is 16.2. The topological polar surface area (TPSA) is 113 Å². The number of benzene rings is 1. The molecule has 1 aromatic carbocycles. The number of aromatic nitrogens is 3. The number of alkyl halides is 3. The van der Waals surface area contributed by atoms with E-state index < -0.39 is 23.4 Å². The SMILES string of the molecule is Cn1c(N[C@@H]2CCCN(CCO)C2)nnc(-c2ccc(OC(F)(F)F)cc2O)c1=O. The third-order valence-corrected chi connectivity index (χ3v) is 4.78. The summed E-state index contributed by atoms with van der Waals surface area (Å²) in [6.45, 7) is 2.19. The zero-order chi connectivity index (χ0) is 21.9. The highest BCUT2D eigenvalue weighted by Gasteiger charge is 2.31. The van der Waals surface area contributed by atoms with Crippen molar-refractivity contribution in [3.05, 3.63) is 28.6 Å². The number of aliphatic hydroxyl groups is 1. The van der Waals surface area contributed by atoms with Gasteiger partial charge in [-0.25, -0.2) is 0 Å². The quantitative estimate of drug-likeness (QED) is 0.630. The average molecular weight is 429 g/mol. The van der Waals surface area contributed by atoms with Gasteiger partial charge in [0.25, 0.3) is 5.56 Å². The number of anilines is 1. The van der Waals surface area contributed by atoms with Gasteiger partial charge in [-0.05, 0) is 31.5 Å². The Bertz CT molecular complexity index is 948. The number of phenolic OH excluding ortho intramolecular Hbond substituents is 1. The second-order valence-electron chi connectivity index (χ2n) is 6.97. The molecular weight excluding hydrogens is 407 g/mol. The molecule has 0 aliphatic carbocycles. The minimum Gasteiger partial charge on any atom is -0.507 e. The number of aromatic hydroxyl groups is 1. The number of nitrogens with one attached hydrogen (secondary N) is 1. The smallest absolute Gasteiger partial charge is 0.507 e. The maximum atomic E-state index is 12.7. The normalized spacial score (nSPS) is 17.7. The molecule has 12 heteroatoms. The monoisotopic (exact) mass is 429 g/mol. The summed E-state index contributed by atoms with van der Waals surface area (Å²) in [6.07, 6.45) is -3.11. The number of aliphatic hydroxyl groups excluding tert-OH is 1. The van der Waals surface area contributed by atoms with Crippen LogP contribution in [0.1, 0.15) is 12.8 Å². The van der Waals surface area contributed by atoms with Crippen LogP contribution in [0.15, 0.2) is 23.0 Å². The lowest BCUT2D eigenvalue weighted by atomic mass is 10.1. The molecule has 1 saturated heterocycles. The number of ether oxygens (including phenoxy) is 1. The van der Waals surface area contributed by atoms with Crippen molar-refractivity contribution >= 4 is 5.95 Å². The van der Waals surface area contributed by atoms with E-state index in [1.54, 1.807) is 0 Å². The lowest BCUT2D eigenvalue weighted by Crippen LogP contribution is -2.44. The van der Waals surface area contributed by atoms with E-state index in [-0.39, 0.29) is 29.9 Å². The first kappa shape index (κ1) is 21.8. The highest BCUT2D eigenvalue weighted by atomic mass is 19.4. The number of halogens is 3. The Kier molecular flexibility index (Phi) is 6.46. The molecule has 2 aromatic rings. The first-order valence-electron chi connectivity index (χ1n) is 9.30. The molecular formula is C18H22F3N5O4. The highest BCUT2D eigenvalue weighted by Crippen LogP contribution is 2.32. The lowest BCUT2D eigenvalue weighted by molar-refractivity contribution is -0.274. The van der Waals surface area contributed by atoms with Gasteiger partial charge in [0.15, 0.2) is 5.69 Å². The Labute approximate surface area is 169 Å². The highest BCUT2D eigenvalue weighted by molar-refractivity contribution is 5.67. The Morgan fingerprint density at radius 2 is 2.10 bits per heavy atom. The van der Waals surface area contributed by atoms with Crippen LogP contribution < -0.4 is 15.6 Å². The number of nitrogens with zero attached hydrogens (tertiary/aromatic N) is 4. The molecule has 1 aliphatic rings. The number of β-amino-alcohol motifs (C(OH)–C–C–N with tert-alkyl or cyclic N) is 1. The third-order valence-electron chi connectivity index (χ3n) is 4.78. The summed E-state index contributed by atoms with van der Waals surface area (Å²) in [5.74, 6) is -0.969. The van der Waals surface area contributed by atoms with E-state index in [1.165, 1.54) is 11.6 Å². The van der Waals surface area contributed by atoms with Crippen molar-refractivity contribution in [2.24, 2.45) is 7.05 Å². The van der Waals surface area contributed by atoms with Gasteiger partial charge in [-0.15, -0.1) is 23.4 Å². The van der Waals surface area contributed by atoms with Crippen LogP contribution in [-0.4, -0.2) is 68.5 Å². The molecule has 1 aromatic heterocycles. The van der Waals surface area contributed by atoms with Gasteiger partial charge < -0.3 is 20.3 Å². The summed E-state index contributed by atoms with van der Waals surface area (Å²) in [5, 5.41) is 30.2. The van der Waals surface area contributed by atoms with E-state index >= 15 is 0 Å². The van der Waals surface area contributed by atoms with Crippen LogP contribution in [0.25, 0.3) is 11.3 Å². The molecule has 164 valence electrons. The molecule has 2 heterocycles. The number of hydrogen-bond acceptors (Lipinski definition) is 8. The van der Waals surface area contributed by atoms with Crippen molar-refractivity contribution in [3.8, 4) is 22.8 Å². The number of likely N-dealkylation sites (tertiary alicyclic amines) is 1. The van der Waals surface area contributed by atoms with Crippen LogP contribution in [0.5, 0.6) is 11.5 Å². The van der Waals surface area contributed by atoms with Crippen molar-refractivity contribution in [1.82, 2.24) is 19.7 Å². The number of rotatable bonds is 6. The summed E-state index contributed by atoms with van der Waals surface area (Å²) in [7, 11) is 1.48. The van der Waals surface area contributed by atoms with Gasteiger partial charge in [0, 0.05) is 37.8 Å². The number of phenols is 1. The Balaban J connectivity index is 1.80. The third kappa shape index (κ3) is 5.19. The van der Waals surface area contributed by atoms with Gasteiger partial charge in [0.05, 0.1) is 6.61 Å². The van der Waals surface area contributed by atoms with Crippen LogP contribution in [0.4, 0.5) is 19.1 Å². The Hall–Kier alpha value is -2.86. The molecule has 0 radical (unpaired) electrons. The van der Waals surface area contributed by atoms with E-state index in [9.17, 15) is 23.1 Å². The Morgan fingerprint density at radius 1 is 1.33 bits per heavy atom. The van der Waals surface area contributed by atoms with Crippen molar-refractivity contribution in [2.45, 2.75) is 25.2 Å². The molecule has 3 N–H and O–H groups in total. The van der Waals surface area contributed by atoms with E-state index in [1.807, 2.05) is 0 Å². The minimum atomic E-state index is -4.90. The van der Waals surface area contributed by atoms with Gasteiger partial charge in [0.1, 0.15) is 11.5 Å². The molecule has 1 atom stereocenters. The number of hydrogen-bond donors (Lipinski definition) is 3. The summed E-state index contributed by atoms with van der Waals surface area (Å²) < 4.78 is 41.9. The van der Waals surface area contributed by atoms with E-state index in [4.69, 9.17) is 5.11 Å². The van der Waals surface area contributed by atoms with E-state index in [2.05, 4.69) is 25.2 Å². The summed E-state index contributed by atoms with van der Waals surface area (Å²) in [5.41, 5.74) is -0.837. The predicted octanol–water partition coefficient (Wildman–Crippen LogP) is 1.32. The number of piperidine rings is 1. The standard InChI is InChI=1S/C18H22F3N5O4/c1-25-16(29)15(13-5-4-12(9-14(13)28)30-18(19,20)21)23-24-17(25)22-11-3-2-6-26(10-11)7-8-27/h4-5,9,11,27-28H,2-3,6-8,10H2,1H3,(H,22,24)/t11-/m1/s1. The van der Waals surface area contributed by atoms with Gasteiger partial charge in [-0.2, -0.15) is 0 Å². The summed E-state index contributed by atoms with van der Waals surface area (Å²) >= 11 is 0. The molecule has 0 saturated carbocycles. The van der Waals surface area contributed by atoms with Crippen LogP contribution in [-0.2, 0) is 7.05 Å². The largest absolute Gasteiger partial charge is 0.573 e. The van der Waals surface area contributed by atoms with Crippen molar-refractivity contribution in [3.63, 3.8) is 0 Å². The fraction of sp³-hybridized carbons (Fsp3) is 0.500. The molecule has 0 spiro atoms. The average Bonchev–Trinajstić information content (AvgIpc) is 2.66. The molecule has 0 bridgehead atoms. The fourth-order valence-electron chi connectivity index (χ4n) is 3.37. The van der Waals surface area contributed by atoms with Gasteiger partial charge in [-0.1, -0.05) is 0 Å². The second-order valence-corrected chi connectivity index (χ2v) is 6.97. The summed E-state index contributed by atoms with van der Waals surface area (Å²) in [6, 6.07) is 2.87. The minimum absolute atomic E-state index is 0.0169. The maximum Gasteiger partial charge on any atom is 0.573 e. The van der Waals surface area contributed by atoms with Crippen molar-refractivity contribution < 1.29 is 28.1 Å². The van der Waals surface area contributed by atoms with Crippen LogP contribution in [0, 0.1) is 0 Å². The van der Waals surface area contributed by atoms with Gasteiger partial charge in [-0.3, -0.25) is 14.3 Å². The fourth-order valence-corrected chi connectivity index (χ4v) is 3.37. The Morgan fingerprint density at radius 3 is 2.77 bits per heavy atom. The first-order chi connectivity index (χ1) is 14.2. The summed E-state index contributed by atoms with van der Waals surface area (Å²) in [4.78, 5) is 14.8. The molecule has 30 heavy (non-hydrogen) atoms. The molecule has 9 nitrogen and oxygen atoms in total. The first-order valence-corrected chi connectivity index (χ1v) is 9.30. The van der Waals surface area contributed by atoms with Crippen LogP contribution >= 0.6 is 0 Å². The second kappa shape index (κ2) is 8.88. The van der Waals surface area contributed by atoms with Crippen LogP contribution in [0.3, 0.4) is 0 Å². The van der Waals surface area contributed by atoms with Gasteiger partial charge in [0.2, 0.25) is 5.95 Å². The molecule has 3 rings (SSSR count). The molecule has 0 unspecified atom stereocenters. The molecule has 1 aliphatic heterocycles. The van der Waals surface area contributed by atoms with Crippen molar-refractivity contribution in [2.75, 3.05) is 31.6 Å². The van der Waals surface area contributed by atoms with Crippen molar-refractivity contribution in [1.29, 1.82) is 0 Å².